The number of amides is 1. The molecule has 1 aromatic heterocycles. The van der Waals surface area contributed by atoms with E-state index in [4.69, 9.17) is 23.2 Å². The molecule has 0 radical (unpaired) electrons. The Balaban J connectivity index is 1.59. The van der Waals surface area contributed by atoms with Crippen molar-refractivity contribution in [3.05, 3.63) is 81.6 Å². The Morgan fingerprint density at radius 3 is 2.55 bits per heavy atom. The molecule has 0 fully saturated rings. The predicted octanol–water partition coefficient (Wildman–Crippen LogP) is 5.23. The summed E-state index contributed by atoms with van der Waals surface area (Å²) in [5.74, 6) is 1.18. The van der Waals surface area contributed by atoms with Crippen molar-refractivity contribution in [1.29, 1.82) is 0 Å². The molecule has 3 aromatic rings. The van der Waals surface area contributed by atoms with E-state index in [9.17, 15) is 4.79 Å². The number of nitrogens with zero attached hydrogens (tertiary/aromatic N) is 3. The first kappa shape index (κ1) is 21.4. The summed E-state index contributed by atoms with van der Waals surface area (Å²) in [5, 5.41) is 13.5. The third-order valence-electron chi connectivity index (χ3n) is 4.16. The third-order valence-corrected chi connectivity index (χ3v) is 5.89. The van der Waals surface area contributed by atoms with Gasteiger partial charge in [-0.3, -0.25) is 4.79 Å². The second-order valence-electron chi connectivity index (χ2n) is 6.10. The van der Waals surface area contributed by atoms with Crippen molar-refractivity contribution in [1.82, 2.24) is 20.1 Å². The normalized spacial score (nSPS) is 11.1. The van der Waals surface area contributed by atoms with Gasteiger partial charge in [0.1, 0.15) is 0 Å². The lowest BCUT2D eigenvalue weighted by Crippen LogP contribution is -2.22. The van der Waals surface area contributed by atoms with Gasteiger partial charge in [-0.1, -0.05) is 71.4 Å². The quantitative estimate of drug-likeness (QED) is 0.380. The van der Waals surface area contributed by atoms with E-state index in [1.165, 1.54) is 6.08 Å². The molecule has 0 aliphatic rings. The number of hydrogen-bond acceptors (Lipinski definition) is 4. The van der Waals surface area contributed by atoms with E-state index in [1.54, 1.807) is 23.9 Å². The molecule has 29 heavy (non-hydrogen) atoms. The maximum absolute atomic E-state index is 12.1. The van der Waals surface area contributed by atoms with Gasteiger partial charge in [0.25, 0.3) is 0 Å². The maximum Gasteiger partial charge on any atom is 0.244 e. The number of hydrogen-bond donors (Lipinski definition) is 1. The van der Waals surface area contributed by atoms with Crippen LogP contribution in [-0.4, -0.2) is 20.7 Å². The minimum absolute atomic E-state index is 0.221. The van der Waals surface area contributed by atoms with E-state index in [2.05, 4.69) is 15.5 Å². The van der Waals surface area contributed by atoms with Crippen LogP contribution < -0.4 is 5.32 Å². The van der Waals surface area contributed by atoms with Gasteiger partial charge in [-0.05, 0) is 36.3 Å². The van der Waals surface area contributed by atoms with Crippen LogP contribution in [0.15, 0.2) is 59.8 Å². The molecule has 0 unspecified atom stereocenters. The fourth-order valence-electron chi connectivity index (χ4n) is 2.63. The topological polar surface area (TPSA) is 59.8 Å². The van der Waals surface area contributed by atoms with Crippen molar-refractivity contribution in [3.8, 4) is 0 Å². The Bertz CT molecular complexity index is 1020. The second-order valence-corrected chi connectivity index (χ2v) is 7.85. The summed E-state index contributed by atoms with van der Waals surface area (Å²) in [6.45, 7) is 3.02. The van der Waals surface area contributed by atoms with Crippen molar-refractivity contribution in [2.75, 3.05) is 0 Å². The lowest BCUT2D eigenvalue weighted by Gasteiger charge is -2.08. The van der Waals surface area contributed by atoms with Gasteiger partial charge in [-0.2, -0.15) is 0 Å². The summed E-state index contributed by atoms with van der Waals surface area (Å²) < 4.78 is 1.99. The average molecular weight is 447 g/mol. The molecule has 5 nitrogen and oxygen atoms in total. The van der Waals surface area contributed by atoms with Crippen molar-refractivity contribution >= 4 is 46.9 Å². The van der Waals surface area contributed by atoms with Crippen molar-refractivity contribution in [3.63, 3.8) is 0 Å². The Labute approximate surface area is 184 Å². The minimum Gasteiger partial charge on any atom is -0.345 e. The zero-order chi connectivity index (χ0) is 20.6. The monoisotopic (exact) mass is 446 g/mol. The molecule has 3 rings (SSSR count). The lowest BCUT2D eigenvalue weighted by atomic mass is 10.2. The number of rotatable bonds is 8. The molecule has 2 aromatic carbocycles. The SMILES string of the molecule is CCn1c(CNC(=O)/C=C/c2ccccc2Cl)nnc1SCc1ccccc1Cl. The molecule has 0 saturated carbocycles. The molecule has 1 N–H and O–H groups in total. The Kier molecular flexibility index (Phi) is 7.75. The van der Waals surface area contributed by atoms with Gasteiger partial charge in [0.15, 0.2) is 11.0 Å². The van der Waals surface area contributed by atoms with Crippen LogP contribution in [0.1, 0.15) is 23.9 Å². The highest BCUT2D eigenvalue weighted by atomic mass is 35.5. The highest BCUT2D eigenvalue weighted by Crippen LogP contribution is 2.26. The first-order valence-corrected chi connectivity index (χ1v) is 10.8. The highest BCUT2D eigenvalue weighted by molar-refractivity contribution is 7.98. The van der Waals surface area contributed by atoms with E-state index in [-0.39, 0.29) is 5.91 Å². The first-order valence-electron chi connectivity index (χ1n) is 9.07. The summed E-state index contributed by atoms with van der Waals surface area (Å²) in [4.78, 5) is 12.1. The van der Waals surface area contributed by atoms with Gasteiger partial charge in [-0.25, -0.2) is 0 Å². The number of carbonyl (C=O) groups is 1. The number of nitrogens with one attached hydrogen (secondary N) is 1. The molecule has 0 spiro atoms. The van der Waals surface area contributed by atoms with Gasteiger partial charge in [-0.15, -0.1) is 10.2 Å². The zero-order valence-electron chi connectivity index (χ0n) is 15.8. The fourth-order valence-corrected chi connectivity index (χ4v) is 4.14. The van der Waals surface area contributed by atoms with E-state index in [1.807, 2.05) is 54.0 Å². The number of aromatic nitrogens is 3. The Hall–Kier alpha value is -2.28. The van der Waals surface area contributed by atoms with Crippen molar-refractivity contribution < 1.29 is 4.79 Å². The van der Waals surface area contributed by atoms with Crippen LogP contribution in [0.4, 0.5) is 0 Å². The van der Waals surface area contributed by atoms with Gasteiger partial charge in [0.05, 0.1) is 6.54 Å². The Morgan fingerprint density at radius 2 is 1.83 bits per heavy atom. The van der Waals surface area contributed by atoms with Crippen LogP contribution in [0, 0.1) is 0 Å². The fraction of sp³-hybridized carbons (Fsp3) is 0.190. The molecule has 1 heterocycles. The standard InChI is InChI=1S/C21H20Cl2N4OS/c1-2-27-19(13-24-20(28)12-11-15-7-3-5-9-17(15)22)25-26-21(27)29-14-16-8-4-6-10-18(16)23/h3-12H,2,13-14H2,1H3,(H,24,28)/b12-11+. The van der Waals surface area contributed by atoms with Gasteiger partial charge < -0.3 is 9.88 Å². The molecule has 150 valence electrons. The summed E-state index contributed by atoms with van der Waals surface area (Å²) in [7, 11) is 0. The first-order chi connectivity index (χ1) is 14.1. The molecule has 0 aliphatic carbocycles. The lowest BCUT2D eigenvalue weighted by molar-refractivity contribution is -0.116. The third kappa shape index (κ3) is 5.85. The molecule has 1 amide bonds. The van der Waals surface area contributed by atoms with Crippen LogP contribution in [-0.2, 0) is 23.6 Å². The van der Waals surface area contributed by atoms with Crippen LogP contribution >= 0.6 is 35.0 Å². The van der Waals surface area contributed by atoms with Gasteiger partial charge in [0.2, 0.25) is 5.91 Å². The molecular weight excluding hydrogens is 427 g/mol. The van der Waals surface area contributed by atoms with E-state index in [0.29, 0.717) is 29.7 Å². The van der Waals surface area contributed by atoms with E-state index >= 15 is 0 Å². The second kappa shape index (κ2) is 10.5. The molecular formula is C21H20Cl2N4OS. The largest absolute Gasteiger partial charge is 0.345 e. The molecule has 0 atom stereocenters. The zero-order valence-corrected chi connectivity index (χ0v) is 18.1. The van der Waals surface area contributed by atoms with Gasteiger partial charge >= 0.3 is 0 Å². The van der Waals surface area contributed by atoms with Crippen LogP contribution in [0.5, 0.6) is 0 Å². The molecule has 0 aliphatic heterocycles. The summed E-state index contributed by atoms with van der Waals surface area (Å²) in [5.41, 5.74) is 1.84. The van der Waals surface area contributed by atoms with Gasteiger partial charge in [0, 0.05) is 28.4 Å². The molecule has 8 heteroatoms. The Morgan fingerprint density at radius 1 is 1.10 bits per heavy atom. The number of benzene rings is 2. The van der Waals surface area contributed by atoms with Crippen molar-refractivity contribution in [2.24, 2.45) is 0 Å². The summed E-state index contributed by atoms with van der Waals surface area (Å²) in [6, 6.07) is 15.1. The summed E-state index contributed by atoms with van der Waals surface area (Å²) in [6.07, 6.45) is 3.15. The van der Waals surface area contributed by atoms with Crippen LogP contribution in [0.25, 0.3) is 6.08 Å². The number of thioether (sulfide) groups is 1. The minimum atomic E-state index is -0.221. The highest BCUT2D eigenvalue weighted by Gasteiger charge is 2.12. The number of halogens is 2. The smallest absolute Gasteiger partial charge is 0.244 e. The molecule has 0 saturated heterocycles. The van der Waals surface area contributed by atoms with Crippen molar-refractivity contribution in [2.45, 2.75) is 30.9 Å². The average Bonchev–Trinajstić information content (AvgIpc) is 3.13. The van der Waals surface area contributed by atoms with Crippen LogP contribution in [0.3, 0.4) is 0 Å². The summed E-state index contributed by atoms with van der Waals surface area (Å²) >= 11 is 13.9. The van der Waals surface area contributed by atoms with Crippen LogP contribution in [0.2, 0.25) is 10.0 Å². The number of carbonyl (C=O) groups excluding carboxylic acids is 1. The molecule has 0 bridgehead atoms. The van der Waals surface area contributed by atoms with E-state index < -0.39 is 0 Å². The predicted molar refractivity (Wildman–Crippen MR) is 119 cm³/mol. The van der Waals surface area contributed by atoms with E-state index in [0.717, 1.165) is 21.3 Å². The maximum atomic E-state index is 12.1.